The Morgan fingerprint density at radius 3 is 2.61 bits per heavy atom. The summed E-state index contributed by atoms with van der Waals surface area (Å²) in [6.07, 6.45) is 4.10. The number of nitrogens with one attached hydrogen (secondary N) is 1. The predicted molar refractivity (Wildman–Crippen MR) is 114 cm³/mol. The smallest absolute Gasteiger partial charge is 0.255 e. The van der Waals surface area contributed by atoms with Crippen LogP contribution in [0.15, 0.2) is 42.6 Å². The molecule has 2 aromatic rings. The van der Waals surface area contributed by atoms with Gasteiger partial charge in [-0.15, -0.1) is 0 Å². The summed E-state index contributed by atoms with van der Waals surface area (Å²) in [7, 11) is 0. The number of pyridine rings is 1. The number of carbonyl (C=O) groups excluding carboxylic acids is 1. The molecule has 6 heteroatoms. The van der Waals surface area contributed by atoms with Gasteiger partial charge in [-0.2, -0.15) is 0 Å². The van der Waals surface area contributed by atoms with Crippen molar-refractivity contribution in [3.8, 4) is 0 Å². The normalized spacial score (nSPS) is 14.0. The van der Waals surface area contributed by atoms with E-state index in [1.54, 1.807) is 6.20 Å². The van der Waals surface area contributed by atoms with E-state index in [4.69, 9.17) is 4.74 Å². The van der Waals surface area contributed by atoms with Crippen molar-refractivity contribution in [2.75, 3.05) is 54.5 Å². The molecular formula is C22H30N4O2. The van der Waals surface area contributed by atoms with Crippen LogP contribution in [0.3, 0.4) is 0 Å². The van der Waals surface area contributed by atoms with Crippen molar-refractivity contribution in [1.29, 1.82) is 0 Å². The maximum Gasteiger partial charge on any atom is 0.255 e. The maximum atomic E-state index is 12.8. The standard InChI is InChI=1S/C22H30N4O2/c1-3-5-13-25(4-2)19-10-8-18(9-11-19)22(27)24-20-7-6-12-23-21(20)26-14-16-28-17-15-26/h6-12H,3-5,13-17H2,1-2H3,(H,24,27). The first-order valence-corrected chi connectivity index (χ1v) is 10.2. The fourth-order valence-corrected chi connectivity index (χ4v) is 3.36. The van der Waals surface area contributed by atoms with Gasteiger partial charge in [-0.25, -0.2) is 4.98 Å². The lowest BCUT2D eigenvalue weighted by Crippen LogP contribution is -2.37. The zero-order chi connectivity index (χ0) is 19.8. The largest absolute Gasteiger partial charge is 0.378 e. The molecule has 1 aliphatic heterocycles. The van der Waals surface area contributed by atoms with E-state index in [2.05, 4.69) is 33.9 Å². The second-order valence-corrected chi connectivity index (χ2v) is 6.91. The third kappa shape index (κ3) is 5.01. The number of benzene rings is 1. The Morgan fingerprint density at radius 2 is 1.93 bits per heavy atom. The highest BCUT2D eigenvalue weighted by Gasteiger charge is 2.17. The highest BCUT2D eigenvalue weighted by molar-refractivity contribution is 6.05. The number of hydrogen-bond donors (Lipinski definition) is 1. The average molecular weight is 383 g/mol. The molecule has 0 aliphatic carbocycles. The first kappa shape index (κ1) is 20.1. The molecule has 1 aromatic heterocycles. The lowest BCUT2D eigenvalue weighted by molar-refractivity contribution is 0.102. The Bertz CT molecular complexity index is 757. The molecule has 1 saturated heterocycles. The van der Waals surface area contributed by atoms with E-state index in [0.717, 1.165) is 43.4 Å². The number of amides is 1. The van der Waals surface area contributed by atoms with Crippen LogP contribution in [-0.2, 0) is 4.74 Å². The summed E-state index contributed by atoms with van der Waals surface area (Å²) in [6.45, 7) is 9.27. The van der Waals surface area contributed by atoms with Crippen LogP contribution in [0, 0.1) is 0 Å². The van der Waals surface area contributed by atoms with Crippen LogP contribution >= 0.6 is 0 Å². The molecule has 1 N–H and O–H groups in total. The SMILES string of the molecule is CCCCN(CC)c1ccc(C(=O)Nc2cccnc2N2CCOCC2)cc1. The molecule has 2 heterocycles. The van der Waals surface area contributed by atoms with Gasteiger partial charge in [0.15, 0.2) is 5.82 Å². The molecule has 0 atom stereocenters. The summed E-state index contributed by atoms with van der Waals surface area (Å²) >= 11 is 0. The van der Waals surface area contributed by atoms with Crippen LogP contribution in [0.4, 0.5) is 17.2 Å². The van der Waals surface area contributed by atoms with Crippen LogP contribution in [-0.4, -0.2) is 50.3 Å². The Hall–Kier alpha value is -2.60. The third-order valence-electron chi connectivity index (χ3n) is 5.00. The van der Waals surface area contributed by atoms with Crippen molar-refractivity contribution < 1.29 is 9.53 Å². The van der Waals surface area contributed by atoms with Gasteiger partial charge in [0.2, 0.25) is 0 Å². The molecule has 0 radical (unpaired) electrons. The molecule has 0 spiro atoms. The van der Waals surface area contributed by atoms with Gasteiger partial charge in [-0.3, -0.25) is 4.79 Å². The van der Waals surface area contributed by atoms with Crippen LogP contribution in [0.2, 0.25) is 0 Å². The van der Waals surface area contributed by atoms with E-state index in [1.807, 2.05) is 36.4 Å². The van der Waals surface area contributed by atoms with E-state index in [1.165, 1.54) is 12.8 Å². The monoisotopic (exact) mass is 382 g/mol. The van der Waals surface area contributed by atoms with Crippen molar-refractivity contribution in [3.05, 3.63) is 48.2 Å². The van der Waals surface area contributed by atoms with E-state index in [-0.39, 0.29) is 5.91 Å². The number of carbonyl (C=O) groups is 1. The Balaban J connectivity index is 1.70. The number of unbranched alkanes of at least 4 members (excludes halogenated alkanes) is 1. The zero-order valence-corrected chi connectivity index (χ0v) is 16.9. The first-order valence-electron chi connectivity index (χ1n) is 10.2. The van der Waals surface area contributed by atoms with Crippen LogP contribution in [0.1, 0.15) is 37.0 Å². The van der Waals surface area contributed by atoms with Crippen molar-refractivity contribution in [3.63, 3.8) is 0 Å². The second-order valence-electron chi connectivity index (χ2n) is 6.91. The van der Waals surface area contributed by atoms with E-state index >= 15 is 0 Å². The lowest BCUT2D eigenvalue weighted by Gasteiger charge is -2.29. The van der Waals surface area contributed by atoms with Gasteiger partial charge < -0.3 is 19.9 Å². The predicted octanol–water partition coefficient (Wildman–Crippen LogP) is 3.80. The number of morpholine rings is 1. The molecule has 0 bridgehead atoms. The number of nitrogens with zero attached hydrogens (tertiary/aromatic N) is 3. The summed E-state index contributed by atoms with van der Waals surface area (Å²) in [4.78, 5) is 21.7. The highest BCUT2D eigenvalue weighted by atomic mass is 16.5. The Labute approximate surface area is 167 Å². The summed E-state index contributed by atoms with van der Waals surface area (Å²) in [6, 6.07) is 11.6. The molecule has 1 aliphatic rings. The number of anilines is 3. The zero-order valence-electron chi connectivity index (χ0n) is 16.9. The Kier molecular flexibility index (Phi) is 7.25. The second kappa shape index (κ2) is 10.1. The third-order valence-corrected chi connectivity index (χ3v) is 5.00. The van der Waals surface area contributed by atoms with Crippen LogP contribution in [0.25, 0.3) is 0 Å². The maximum absolute atomic E-state index is 12.8. The topological polar surface area (TPSA) is 57.7 Å². The van der Waals surface area contributed by atoms with Crippen molar-refractivity contribution in [2.45, 2.75) is 26.7 Å². The number of aromatic nitrogens is 1. The number of ether oxygens (including phenoxy) is 1. The Morgan fingerprint density at radius 1 is 1.18 bits per heavy atom. The first-order chi connectivity index (χ1) is 13.7. The van der Waals surface area contributed by atoms with Crippen LogP contribution in [0.5, 0.6) is 0 Å². The summed E-state index contributed by atoms with van der Waals surface area (Å²) < 4.78 is 5.41. The van der Waals surface area contributed by atoms with Gasteiger partial charge in [-0.05, 0) is 49.7 Å². The molecule has 3 rings (SSSR count). The van der Waals surface area contributed by atoms with Gasteiger partial charge in [0.05, 0.1) is 18.9 Å². The lowest BCUT2D eigenvalue weighted by atomic mass is 10.1. The quantitative estimate of drug-likeness (QED) is 0.753. The minimum absolute atomic E-state index is 0.120. The van der Waals surface area contributed by atoms with Crippen molar-refractivity contribution in [2.24, 2.45) is 0 Å². The van der Waals surface area contributed by atoms with Gasteiger partial charge in [0.1, 0.15) is 0 Å². The van der Waals surface area contributed by atoms with Crippen molar-refractivity contribution >= 4 is 23.1 Å². The van der Waals surface area contributed by atoms with Crippen molar-refractivity contribution in [1.82, 2.24) is 4.98 Å². The van der Waals surface area contributed by atoms with E-state index in [0.29, 0.717) is 18.8 Å². The van der Waals surface area contributed by atoms with Gasteiger partial charge in [-0.1, -0.05) is 13.3 Å². The molecule has 1 fully saturated rings. The highest BCUT2D eigenvalue weighted by Crippen LogP contribution is 2.24. The summed E-state index contributed by atoms with van der Waals surface area (Å²) in [5, 5.41) is 3.02. The minimum atomic E-state index is -0.120. The number of rotatable bonds is 8. The molecule has 6 nitrogen and oxygen atoms in total. The molecule has 1 aromatic carbocycles. The summed E-state index contributed by atoms with van der Waals surface area (Å²) in [5.74, 6) is 0.679. The van der Waals surface area contributed by atoms with Gasteiger partial charge in [0, 0.05) is 43.6 Å². The average Bonchev–Trinajstić information content (AvgIpc) is 2.75. The molecule has 0 unspecified atom stereocenters. The fraction of sp³-hybridized carbons (Fsp3) is 0.455. The fourth-order valence-electron chi connectivity index (χ4n) is 3.36. The van der Waals surface area contributed by atoms with E-state index in [9.17, 15) is 4.79 Å². The van der Waals surface area contributed by atoms with E-state index < -0.39 is 0 Å². The molecular weight excluding hydrogens is 352 g/mol. The molecule has 1 amide bonds. The summed E-state index contributed by atoms with van der Waals surface area (Å²) in [5.41, 5.74) is 2.53. The molecule has 28 heavy (non-hydrogen) atoms. The number of hydrogen-bond acceptors (Lipinski definition) is 5. The minimum Gasteiger partial charge on any atom is -0.378 e. The molecule has 150 valence electrons. The van der Waals surface area contributed by atoms with Crippen LogP contribution < -0.4 is 15.1 Å². The van der Waals surface area contributed by atoms with Gasteiger partial charge in [0.25, 0.3) is 5.91 Å². The van der Waals surface area contributed by atoms with Gasteiger partial charge >= 0.3 is 0 Å². The molecule has 0 saturated carbocycles.